The minimum absolute atomic E-state index is 0.0384. The topological polar surface area (TPSA) is 142 Å². The summed E-state index contributed by atoms with van der Waals surface area (Å²) in [7, 11) is -2.16. The molecule has 27 heavy (non-hydrogen) atoms. The van der Waals surface area contributed by atoms with E-state index in [1.165, 1.54) is 33.9 Å². The molecule has 1 atom stereocenters. The van der Waals surface area contributed by atoms with Gasteiger partial charge in [-0.05, 0) is 24.6 Å². The monoisotopic (exact) mass is 390 g/mol. The number of primary sulfonamides is 1. The molecule has 3 N–H and O–H groups in total. The third-order valence-electron chi connectivity index (χ3n) is 4.10. The van der Waals surface area contributed by atoms with Crippen molar-refractivity contribution in [2.45, 2.75) is 24.4 Å². The Morgan fingerprint density at radius 2 is 2.11 bits per heavy atom. The molecule has 3 aromatic rings. The van der Waals surface area contributed by atoms with Crippen LogP contribution in [0.1, 0.15) is 18.5 Å². The van der Waals surface area contributed by atoms with Gasteiger partial charge in [-0.1, -0.05) is 12.1 Å². The van der Waals surface area contributed by atoms with Crippen LogP contribution in [0.25, 0.3) is 11.0 Å². The molecule has 11 heteroatoms. The van der Waals surface area contributed by atoms with Gasteiger partial charge >= 0.3 is 0 Å². The number of benzene rings is 1. The van der Waals surface area contributed by atoms with Crippen molar-refractivity contribution in [2.75, 3.05) is 0 Å². The van der Waals surface area contributed by atoms with Crippen molar-refractivity contribution >= 4 is 27.0 Å². The first-order chi connectivity index (χ1) is 12.7. The summed E-state index contributed by atoms with van der Waals surface area (Å²) in [5.41, 5.74) is 0.639. The van der Waals surface area contributed by atoms with Crippen LogP contribution in [0, 0.1) is 0 Å². The zero-order valence-corrected chi connectivity index (χ0v) is 15.5. The summed E-state index contributed by atoms with van der Waals surface area (Å²) in [4.78, 5) is 28.8. The third kappa shape index (κ3) is 3.88. The maximum Gasteiger partial charge on any atom is 0.264 e. The number of nitrogens with one attached hydrogen (secondary N) is 1. The smallest absolute Gasteiger partial charge is 0.264 e. The maximum absolute atomic E-state index is 12.4. The zero-order valence-electron chi connectivity index (χ0n) is 14.7. The molecule has 0 saturated heterocycles. The summed E-state index contributed by atoms with van der Waals surface area (Å²) < 4.78 is 25.6. The predicted octanol–water partition coefficient (Wildman–Crippen LogP) is -0.345. The lowest BCUT2D eigenvalue weighted by molar-refractivity contribution is -0.122. The highest BCUT2D eigenvalue weighted by molar-refractivity contribution is 7.89. The zero-order chi connectivity index (χ0) is 19.8. The number of hydrogen-bond acceptors (Lipinski definition) is 6. The van der Waals surface area contributed by atoms with E-state index in [0.717, 1.165) is 0 Å². The van der Waals surface area contributed by atoms with Crippen molar-refractivity contribution in [1.29, 1.82) is 0 Å². The van der Waals surface area contributed by atoms with Gasteiger partial charge in [0.2, 0.25) is 15.9 Å². The summed E-state index contributed by atoms with van der Waals surface area (Å²) in [5, 5.41) is 12.1. The van der Waals surface area contributed by atoms with Crippen molar-refractivity contribution in [2.24, 2.45) is 12.2 Å². The molecule has 2 aromatic heterocycles. The Labute approximate surface area is 154 Å². The molecule has 1 amide bonds. The number of hydrogen-bond donors (Lipinski definition) is 2. The minimum atomic E-state index is -3.83. The first-order valence-electron chi connectivity index (χ1n) is 7.96. The molecule has 0 aliphatic rings. The second-order valence-electron chi connectivity index (χ2n) is 6.09. The Hall–Kier alpha value is -3.05. The fraction of sp³-hybridized carbons (Fsp3) is 0.250. The second-order valence-corrected chi connectivity index (χ2v) is 7.65. The Balaban J connectivity index is 1.76. The van der Waals surface area contributed by atoms with Gasteiger partial charge in [0, 0.05) is 7.05 Å². The van der Waals surface area contributed by atoms with Crippen LogP contribution in [0.3, 0.4) is 0 Å². The molecule has 0 radical (unpaired) electrons. The van der Waals surface area contributed by atoms with E-state index in [1.807, 2.05) is 0 Å². The summed E-state index contributed by atoms with van der Waals surface area (Å²) in [5.74, 6) is -0.421. The largest absolute Gasteiger partial charge is 0.348 e. The first-order valence-corrected chi connectivity index (χ1v) is 9.50. The Kier molecular flexibility index (Phi) is 4.81. The number of amides is 1. The van der Waals surface area contributed by atoms with Crippen molar-refractivity contribution in [3.05, 3.63) is 52.7 Å². The average Bonchev–Trinajstić information content (AvgIpc) is 2.98. The van der Waals surface area contributed by atoms with Crippen LogP contribution in [0.15, 0.2) is 46.5 Å². The van der Waals surface area contributed by atoms with E-state index in [4.69, 9.17) is 5.14 Å². The van der Waals surface area contributed by atoms with Crippen LogP contribution in [-0.2, 0) is 28.4 Å². The molecule has 10 nitrogen and oxygen atoms in total. The van der Waals surface area contributed by atoms with Gasteiger partial charge in [-0.15, -0.1) is 0 Å². The lowest BCUT2D eigenvalue weighted by Crippen LogP contribution is -2.34. The summed E-state index contributed by atoms with van der Waals surface area (Å²) >= 11 is 0. The molecule has 1 unspecified atom stereocenters. The summed E-state index contributed by atoms with van der Waals surface area (Å²) in [6.07, 6.45) is 2.69. The third-order valence-corrected chi connectivity index (χ3v) is 5.01. The quantitative estimate of drug-likeness (QED) is 0.610. The molecule has 142 valence electrons. The molecule has 0 spiro atoms. The average molecular weight is 390 g/mol. The second kappa shape index (κ2) is 6.93. The predicted molar refractivity (Wildman–Crippen MR) is 97.1 cm³/mol. The number of nitrogens with two attached hydrogens (primary N) is 1. The van der Waals surface area contributed by atoms with E-state index in [2.05, 4.69) is 15.4 Å². The van der Waals surface area contributed by atoms with Crippen LogP contribution in [-0.4, -0.2) is 33.7 Å². The number of rotatable bonds is 5. The minimum Gasteiger partial charge on any atom is -0.348 e. The van der Waals surface area contributed by atoms with Gasteiger partial charge in [0.25, 0.3) is 5.56 Å². The van der Waals surface area contributed by atoms with Crippen LogP contribution >= 0.6 is 0 Å². The number of carbonyl (C=O) groups is 1. The maximum atomic E-state index is 12.4. The molecular formula is C16H18N6O4S. The molecular weight excluding hydrogens is 372 g/mol. The van der Waals surface area contributed by atoms with Gasteiger partial charge in [-0.2, -0.15) is 5.10 Å². The van der Waals surface area contributed by atoms with E-state index in [0.29, 0.717) is 16.6 Å². The lowest BCUT2D eigenvalue weighted by Gasteiger charge is -2.15. The van der Waals surface area contributed by atoms with E-state index < -0.39 is 22.0 Å². The number of fused-ring (bicyclic) bond motifs is 1. The van der Waals surface area contributed by atoms with Gasteiger partial charge in [-0.3, -0.25) is 18.8 Å². The number of aryl methyl sites for hydroxylation is 1. The van der Waals surface area contributed by atoms with Gasteiger partial charge in [-0.25, -0.2) is 18.5 Å². The molecule has 2 heterocycles. The van der Waals surface area contributed by atoms with Gasteiger partial charge in [0.1, 0.15) is 18.3 Å². The van der Waals surface area contributed by atoms with Crippen LogP contribution in [0.2, 0.25) is 0 Å². The fourth-order valence-electron chi connectivity index (χ4n) is 2.67. The van der Waals surface area contributed by atoms with E-state index in [9.17, 15) is 18.0 Å². The molecule has 0 aliphatic carbocycles. The normalized spacial score (nSPS) is 12.9. The molecule has 0 fully saturated rings. The SMILES string of the molecule is CC(NC(=O)Cn1cnc2c(cnn2C)c1=O)c1cccc(S(N)(=O)=O)c1. The van der Waals surface area contributed by atoms with Crippen molar-refractivity contribution < 1.29 is 13.2 Å². The standard InChI is InChI=1S/C16H18N6O4S/c1-10(11-4-3-5-12(6-11)27(17,25)26)20-14(23)8-22-9-18-15-13(16(22)24)7-19-21(15)2/h3-7,9-10H,8H2,1-2H3,(H,20,23)(H2,17,25,26). The molecule has 0 bridgehead atoms. The Bertz CT molecular complexity index is 1180. The van der Waals surface area contributed by atoms with Gasteiger partial charge in [0.05, 0.1) is 17.1 Å². The van der Waals surface area contributed by atoms with Crippen molar-refractivity contribution in [3.63, 3.8) is 0 Å². The number of sulfonamides is 1. The highest BCUT2D eigenvalue weighted by Gasteiger charge is 2.15. The number of aromatic nitrogens is 4. The Morgan fingerprint density at radius 3 is 2.81 bits per heavy atom. The summed E-state index contributed by atoms with van der Waals surface area (Å²) in [6.45, 7) is 1.47. The molecule has 0 aliphatic heterocycles. The molecule has 1 aromatic carbocycles. The highest BCUT2D eigenvalue weighted by Crippen LogP contribution is 2.16. The molecule has 0 saturated carbocycles. The summed E-state index contributed by atoms with van der Waals surface area (Å²) in [6, 6.07) is 5.51. The highest BCUT2D eigenvalue weighted by atomic mass is 32.2. The van der Waals surface area contributed by atoms with E-state index in [-0.39, 0.29) is 17.0 Å². The van der Waals surface area contributed by atoms with Crippen LogP contribution in [0.5, 0.6) is 0 Å². The first kappa shape index (κ1) is 18.7. The van der Waals surface area contributed by atoms with Crippen LogP contribution in [0.4, 0.5) is 0 Å². The van der Waals surface area contributed by atoms with E-state index >= 15 is 0 Å². The van der Waals surface area contributed by atoms with Gasteiger partial charge < -0.3 is 5.32 Å². The van der Waals surface area contributed by atoms with Crippen molar-refractivity contribution in [3.8, 4) is 0 Å². The van der Waals surface area contributed by atoms with Gasteiger partial charge in [0.15, 0.2) is 5.65 Å². The number of nitrogens with zero attached hydrogens (tertiary/aromatic N) is 4. The fourth-order valence-corrected chi connectivity index (χ4v) is 3.23. The van der Waals surface area contributed by atoms with Crippen molar-refractivity contribution in [1.82, 2.24) is 24.6 Å². The number of carbonyl (C=O) groups excluding carboxylic acids is 1. The Morgan fingerprint density at radius 1 is 1.37 bits per heavy atom. The lowest BCUT2D eigenvalue weighted by atomic mass is 10.1. The van der Waals surface area contributed by atoms with Crippen LogP contribution < -0.4 is 16.0 Å². The molecule has 3 rings (SSSR count). The van der Waals surface area contributed by atoms with E-state index in [1.54, 1.807) is 26.1 Å².